The van der Waals surface area contributed by atoms with Crippen molar-refractivity contribution in [3.05, 3.63) is 99.9 Å². The first-order chi connectivity index (χ1) is 17.9. The third-order valence-electron chi connectivity index (χ3n) is 6.68. The van der Waals surface area contributed by atoms with Crippen LogP contribution in [0.5, 0.6) is 5.75 Å². The van der Waals surface area contributed by atoms with E-state index in [-0.39, 0.29) is 29.1 Å². The summed E-state index contributed by atoms with van der Waals surface area (Å²) in [6.07, 6.45) is 1.38. The lowest BCUT2D eigenvalue weighted by Crippen LogP contribution is -2.42. The number of halogens is 1. The topological polar surface area (TPSA) is 93.0 Å². The highest BCUT2D eigenvalue weighted by Crippen LogP contribution is 2.25. The van der Waals surface area contributed by atoms with E-state index in [4.69, 9.17) is 4.74 Å². The first-order valence-corrected chi connectivity index (χ1v) is 12.1. The molecule has 0 radical (unpaired) electrons. The first kappa shape index (κ1) is 26.0. The van der Waals surface area contributed by atoms with Crippen molar-refractivity contribution < 1.29 is 23.6 Å². The van der Waals surface area contributed by atoms with Crippen LogP contribution in [0, 0.1) is 21.8 Å². The van der Waals surface area contributed by atoms with Gasteiger partial charge >= 0.3 is 0 Å². The monoisotopic (exact) mass is 505 g/mol. The average molecular weight is 506 g/mol. The van der Waals surface area contributed by atoms with E-state index in [1.165, 1.54) is 48.5 Å². The second kappa shape index (κ2) is 11.7. The van der Waals surface area contributed by atoms with Gasteiger partial charge in [-0.2, -0.15) is 0 Å². The highest BCUT2D eigenvalue weighted by atomic mass is 19.1. The van der Waals surface area contributed by atoms with E-state index < -0.39 is 4.92 Å². The molecule has 0 N–H and O–H groups in total. The largest absolute Gasteiger partial charge is 0.497 e. The number of carbonyl (C=O) groups is 2. The third-order valence-corrected chi connectivity index (χ3v) is 6.68. The molecule has 0 spiro atoms. The zero-order valence-electron chi connectivity index (χ0n) is 20.5. The summed E-state index contributed by atoms with van der Waals surface area (Å²) in [7, 11) is 1.57. The zero-order valence-corrected chi connectivity index (χ0v) is 20.5. The van der Waals surface area contributed by atoms with Crippen molar-refractivity contribution in [1.29, 1.82) is 0 Å². The van der Waals surface area contributed by atoms with Crippen LogP contribution < -0.4 is 9.64 Å². The summed E-state index contributed by atoms with van der Waals surface area (Å²) < 4.78 is 18.4. The molecular weight excluding hydrogens is 477 g/mol. The minimum absolute atomic E-state index is 0.0351. The molecule has 1 saturated heterocycles. The number of nitro benzene ring substituents is 1. The molecule has 3 aromatic carbocycles. The van der Waals surface area contributed by atoms with Crippen LogP contribution in [-0.4, -0.2) is 54.8 Å². The Bertz CT molecular complexity index is 1240. The predicted octanol–water partition coefficient (Wildman–Crippen LogP) is 4.98. The van der Waals surface area contributed by atoms with Crippen molar-refractivity contribution in [3.8, 4) is 5.75 Å². The number of amides is 1. The van der Waals surface area contributed by atoms with Crippen molar-refractivity contribution in [2.45, 2.75) is 12.8 Å². The SMILES string of the molecule is COc1ccc(N(CCN2CCC(C(=O)c3ccc(F)cc3)CC2)C(=O)c2ccc([N+](=O)[O-])cc2)cc1. The molecule has 0 unspecified atom stereocenters. The smallest absolute Gasteiger partial charge is 0.269 e. The molecule has 1 aliphatic rings. The second-order valence-corrected chi connectivity index (χ2v) is 8.95. The number of carbonyl (C=O) groups excluding carboxylic acids is 2. The van der Waals surface area contributed by atoms with E-state index in [1.807, 2.05) is 0 Å². The molecule has 3 aromatic rings. The van der Waals surface area contributed by atoms with E-state index in [1.54, 1.807) is 36.3 Å². The van der Waals surface area contributed by atoms with E-state index in [2.05, 4.69) is 4.90 Å². The Hall–Kier alpha value is -4.11. The highest BCUT2D eigenvalue weighted by Gasteiger charge is 2.27. The Morgan fingerprint density at radius 1 is 0.973 bits per heavy atom. The lowest BCUT2D eigenvalue weighted by molar-refractivity contribution is -0.384. The van der Waals surface area contributed by atoms with Gasteiger partial charge in [-0.3, -0.25) is 19.7 Å². The molecule has 1 fully saturated rings. The number of nitrogens with zero attached hydrogens (tertiary/aromatic N) is 3. The van der Waals surface area contributed by atoms with Gasteiger partial charge in [0.25, 0.3) is 11.6 Å². The lowest BCUT2D eigenvalue weighted by Gasteiger charge is -2.33. The fourth-order valence-electron chi connectivity index (χ4n) is 4.50. The van der Waals surface area contributed by atoms with Gasteiger partial charge in [-0.1, -0.05) is 0 Å². The molecule has 0 aliphatic carbocycles. The van der Waals surface area contributed by atoms with Crippen LogP contribution in [0.25, 0.3) is 0 Å². The number of ketones is 1. The number of piperidine rings is 1. The van der Waals surface area contributed by atoms with Gasteiger partial charge in [0.2, 0.25) is 0 Å². The Balaban J connectivity index is 1.42. The number of rotatable bonds is 9. The predicted molar refractivity (Wildman–Crippen MR) is 138 cm³/mol. The maximum atomic E-state index is 13.4. The number of Topliss-reactive ketones (excluding diaryl/α,β-unsaturated/α-hetero) is 1. The number of hydrogen-bond donors (Lipinski definition) is 0. The highest BCUT2D eigenvalue weighted by molar-refractivity contribution is 6.06. The fraction of sp³-hybridized carbons (Fsp3) is 0.286. The first-order valence-electron chi connectivity index (χ1n) is 12.1. The second-order valence-electron chi connectivity index (χ2n) is 8.95. The van der Waals surface area contributed by atoms with Crippen LogP contribution in [0.4, 0.5) is 15.8 Å². The maximum Gasteiger partial charge on any atom is 0.269 e. The Morgan fingerprint density at radius 2 is 1.57 bits per heavy atom. The molecule has 0 atom stereocenters. The quantitative estimate of drug-likeness (QED) is 0.231. The molecule has 0 aromatic heterocycles. The standard InChI is InChI=1S/C28H28FN3O5/c1-37-26-12-10-24(11-13-26)31(28(34)22-4-8-25(9-5-22)32(35)36)19-18-30-16-14-21(15-17-30)27(33)20-2-6-23(29)7-3-20/h2-13,21H,14-19H2,1H3. The summed E-state index contributed by atoms with van der Waals surface area (Å²) in [4.78, 5) is 40.6. The number of nitro groups is 1. The van der Waals surface area contributed by atoms with E-state index in [9.17, 15) is 24.1 Å². The minimum atomic E-state index is -0.500. The molecule has 4 rings (SSSR count). The molecule has 1 amide bonds. The van der Waals surface area contributed by atoms with Crippen LogP contribution in [-0.2, 0) is 0 Å². The summed E-state index contributed by atoms with van der Waals surface area (Å²) in [5.41, 5.74) is 1.49. The molecule has 1 heterocycles. The average Bonchev–Trinajstić information content (AvgIpc) is 2.94. The number of likely N-dealkylation sites (tertiary alicyclic amines) is 1. The number of non-ortho nitro benzene ring substituents is 1. The van der Waals surface area contributed by atoms with Crippen LogP contribution in [0.15, 0.2) is 72.8 Å². The molecule has 0 saturated carbocycles. The Morgan fingerprint density at radius 3 is 2.14 bits per heavy atom. The van der Waals surface area contributed by atoms with Crippen molar-refractivity contribution in [2.75, 3.05) is 38.2 Å². The van der Waals surface area contributed by atoms with E-state index in [0.29, 0.717) is 61.6 Å². The maximum absolute atomic E-state index is 13.4. The molecule has 9 heteroatoms. The van der Waals surface area contributed by atoms with Gasteiger partial charge < -0.3 is 14.5 Å². The number of hydrogen-bond acceptors (Lipinski definition) is 6. The number of methoxy groups -OCH3 is 1. The van der Waals surface area contributed by atoms with Gasteiger partial charge in [0.1, 0.15) is 11.6 Å². The van der Waals surface area contributed by atoms with Gasteiger partial charge in [-0.25, -0.2) is 4.39 Å². The van der Waals surface area contributed by atoms with Gasteiger partial charge in [-0.05, 0) is 86.6 Å². The van der Waals surface area contributed by atoms with Gasteiger partial charge in [-0.15, -0.1) is 0 Å². The third kappa shape index (κ3) is 6.37. The molecule has 8 nitrogen and oxygen atoms in total. The van der Waals surface area contributed by atoms with Crippen LogP contribution in [0.2, 0.25) is 0 Å². The lowest BCUT2D eigenvalue weighted by atomic mass is 9.89. The Labute approximate surface area is 214 Å². The van der Waals surface area contributed by atoms with Crippen molar-refractivity contribution in [2.24, 2.45) is 5.92 Å². The summed E-state index contributed by atoms with van der Waals surface area (Å²) in [6.45, 7) is 2.42. The molecule has 192 valence electrons. The van der Waals surface area contributed by atoms with Crippen LogP contribution in [0.3, 0.4) is 0 Å². The molecular formula is C28H28FN3O5. The summed E-state index contributed by atoms with van der Waals surface area (Å²) in [5.74, 6) is -0.0362. The van der Waals surface area contributed by atoms with Crippen LogP contribution in [0.1, 0.15) is 33.6 Å². The van der Waals surface area contributed by atoms with Gasteiger partial charge in [0.05, 0.1) is 12.0 Å². The van der Waals surface area contributed by atoms with Crippen molar-refractivity contribution in [1.82, 2.24) is 4.90 Å². The number of ether oxygens (including phenoxy) is 1. The summed E-state index contributed by atoms with van der Waals surface area (Å²) in [5, 5.41) is 11.0. The normalized spacial score (nSPS) is 14.2. The molecule has 1 aliphatic heterocycles. The summed E-state index contributed by atoms with van der Waals surface area (Å²) in [6, 6.07) is 18.4. The van der Waals surface area contributed by atoms with Crippen LogP contribution >= 0.6 is 0 Å². The van der Waals surface area contributed by atoms with Gasteiger partial charge in [0, 0.05) is 48.0 Å². The van der Waals surface area contributed by atoms with E-state index in [0.717, 1.165) is 0 Å². The molecule has 0 bridgehead atoms. The zero-order chi connectivity index (χ0) is 26.4. The van der Waals surface area contributed by atoms with Crippen molar-refractivity contribution in [3.63, 3.8) is 0 Å². The fourth-order valence-corrected chi connectivity index (χ4v) is 4.50. The Kier molecular flexibility index (Phi) is 8.25. The minimum Gasteiger partial charge on any atom is -0.497 e. The van der Waals surface area contributed by atoms with E-state index >= 15 is 0 Å². The number of benzene rings is 3. The number of anilines is 1. The molecule has 37 heavy (non-hydrogen) atoms. The summed E-state index contributed by atoms with van der Waals surface area (Å²) >= 11 is 0. The van der Waals surface area contributed by atoms with Gasteiger partial charge in [0.15, 0.2) is 5.78 Å². The van der Waals surface area contributed by atoms with Crippen molar-refractivity contribution >= 4 is 23.1 Å².